The SMILES string of the molecule is CC(CC#N)N(C)S(=O)(=O)N1C[C@@H](C)[C@H](C(=O)O)C1. The Hall–Kier alpha value is -1.17. The molecule has 8 heteroatoms. The van der Waals surface area contributed by atoms with Gasteiger partial charge >= 0.3 is 5.97 Å². The van der Waals surface area contributed by atoms with Gasteiger partial charge < -0.3 is 5.11 Å². The van der Waals surface area contributed by atoms with Gasteiger partial charge in [-0.15, -0.1) is 0 Å². The number of nitrogens with zero attached hydrogens (tertiary/aromatic N) is 3. The van der Waals surface area contributed by atoms with E-state index >= 15 is 0 Å². The first-order valence-corrected chi connectivity index (χ1v) is 7.44. The first-order chi connectivity index (χ1) is 8.71. The molecule has 0 radical (unpaired) electrons. The highest BCUT2D eigenvalue weighted by atomic mass is 32.2. The van der Waals surface area contributed by atoms with E-state index in [1.54, 1.807) is 13.8 Å². The Labute approximate surface area is 113 Å². The maximum Gasteiger partial charge on any atom is 0.308 e. The second kappa shape index (κ2) is 5.86. The molecule has 1 N–H and O–H groups in total. The Bertz CT molecular complexity index is 485. The van der Waals surface area contributed by atoms with Gasteiger partial charge in [0.25, 0.3) is 10.2 Å². The van der Waals surface area contributed by atoms with Crippen molar-refractivity contribution in [3.8, 4) is 6.07 Å². The average molecular weight is 289 g/mol. The predicted molar refractivity (Wildman–Crippen MR) is 68.2 cm³/mol. The van der Waals surface area contributed by atoms with Crippen LogP contribution in [0.3, 0.4) is 0 Å². The second-order valence-electron chi connectivity index (χ2n) is 4.97. The summed E-state index contributed by atoms with van der Waals surface area (Å²) >= 11 is 0. The smallest absolute Gasteiger partial charge is 0.308 e. The summed E-state index contributed by atoms with van der Waals surface area (Å²) in [5.74, 6) is -1.86. The number of hydrogen-bond acceptors (Lipinski definition) is 4. The maximum absolute atomic E-state index is 12.3. The van der Waals surface area contributed by atoms with E-state index in [0.717, 1.165) is 4.31 Å². The minimum Gasteiger partial charge on any atom is -0.481 e. The highest BCUT2D eigenvalue weighted by molar-refractivity contribution is 7.86. The van der Waals surface area contributed by atoms with Gasteiger partial charge in [0.2, 0.25) is 0 Å². The van der Waals surface area contributed by atoms with Crippen LogP contribution in [0.25, 0.3) is 0 Å². The van der Waals surface area contributed by atoms with Crippen molar-refractivity contribution in [3.63, 3.8) is 0 Å². The summed E-state index contributed by atoms with van der Waals surface area (Å²) in [6.07, 6.45) is 0.0987. The lowest BCUT2D eigenvalue weighted by molar-refractivity contribution is -0.142. The van der Waals surface area contributed by atoms with E-state index in [1.165, 1.54) is 11.4 Å². The van der Waals surface area contributed by atoms with E-state index in [2.05, 4.69) is 0 Å². The zero-order chi connectivity index (χ0) is 14.8. The fraction of sp³-hybridized carbons (Fsp3) is 0.818. The fourth-order valence-corrected chi connectivity index (χ4v) is 3.77. The van der Waals surface area contributed by atoms with Crippen LogP contribution in [0.5, 0.6) is 0 Å². The van der Waals surface area contributed by atoms with Crippen LogP contribution in [0.15, 0.2) is 0 Å². The zero-order valence-corrected chi connectivity index (χ0v) is 12.1. The summed E-state index contributed by atoms with van der Waals surface area (Å²) in [6, 6.07) is 1.49. The Balaban J connectivity index is 2.86. The van der Waals surface area contributed by atoms with Crippen LogP contribution in [-0.2, 0) is 15.0 Å². The topological polar surface area (TPSA) is 102 Å². The first-order valence-electron chi connectivity index (χ1n) is 6.04. The molecule has 0 aromatic carbocycles. The normalized spacial score (nSPS) is 26.3. The third-order valence-corrected chi connectivity index (χ3v) is 5.63. The molecule has 0 aromatic rings. The lowest BCUT2D eigenvalue weighted by atomic mass is 9.99. The lowest BCUT2D eigenvalue weighted by Gasteiger charge is -2.27. The molecule has 1 fully saturated rings. The minimum atomic E-state index is -3.71. The quantitative estimate of drug-likeness (QED) is 0.774. The minimum absolute atomic E-state index is 0.0115. The summed E-state index contributed by atoms with van der Waals surface area (Å²) in [5, 5.41) is 17.6. The van der Waals surface area contributed by atoms with Crippen molar-refractivity contribution in [2.45, 2.75) is 26.3 Å². The van der Waals surface area contributed by atoms with Crippen LogP contribution in [0, 0.1) is 23.2 Å². The highest BCUT2D eigenvalue weighted by Gasteiger charge is 2.42. The molecule has 1 heterocycles. The Morgan fingerprint density at radius 2 is 2.16 bits per heavy atom. The van der Waals surface area contributed by atoms with E-state index in [-0.39, 0.29) is 25.4 Å². The fourth-order valence-electron chi connectivity index (χ4n) is 2.10. The van der Waals surface area contributed by atoms with Crippen molar-refractivity contribution in [2.75, 3.05) is 20.1 Å². The predicted octanol–water partition coefficient (Wildman–Crippen LogP) is 0.118. The van der Waals surface area contributed by atoms with Crippen LogP contribution in [0.2, 0.25) is 0 Å². The molecule has 0 bridgehead atoms. The Kier molecular flexibility index (Phi) is 4.90. The molecule has 0 aliphatic carbocycles. The van der Waals surface area contributed by atoms with E-state index in [0.29, 0.717) is 0 Å². The van der Waals surface area contributed by atoms with Gasteiger partial charge in [0, 0.05) is 26.2 Å². The first kappa shape index (κ1) is 15.9. The molecule has 1 saturated heterocycles. The number of nitriles is 1. The van der Waals surface area contributed by atoms with Crippen LogP contribution in [0.1, 0.15) is 20.3 Å². The summed E-state index contributed by atoms with van der Waals surface area (Å²) in [6.45, 7) is 3.56. The van der Waals surface area contributed by atoms with Crippen molar-refractivity contribution in [1.29, 1.82) is 5.26 Å². The van der Waals surface area contributed by atoms with Crippen LogP contribution in [-0.4, -0.2) is 54.3 Å². The van der Waals surface area contributed by atoms with Gasteiger partial charge in [-0.05, 0) is 12.8 Å². The molecule has 3 atom stereocenters. The largest absolute Gasteiger partial charge is 0.481 e. The number of rotatable bonds is 5. The number of hydrogen-bond donors (Lipinski definition) is 1. The molecule has 108 valence electrons. The number of carbonyl (C=O) groups is 1. The summed E-state index contributed by atoms with van der Waals surface area (Å²) in [7, 11) is -2.29. The van der Waals surface area contributed by atoms with E-state index < -0.39 is 28.1 Å². The molecule has 0 amide bonds. The van der Waals surface area contributed by atoms with Crippen molar-refractivity contribution >= 4 is 16.2 Å². The van der Waals surface area contributed by atoms with Crippen LogP contribution in [0.4, 0.5) is 0 Å². The molecular weight excluding hydrogens is 270 g/mol. The van der Waals surface area contributed by atoms with Crippen molar-refractivity contribution in [1.82, 2.24) is 8.61 Å². The van der Waals surface area contributed by atoms with Gasteiger partial charge in [-0.1, -0.05) is 6.92 Å². The average Bonchev–Trinajstić information content (AvgIpc) is 2.71. The number of aliphatic carboxylic acids is 1. The molecule has 0 aromatic heterocycles. The van der Waals surface area contributed by atoms with Crippen molar-refractivity contribution in [3.05, 3.63) is 0 Å². The summed E-state index contributed by atoms with van der Waals surface area (Å²) < 4.78 is 26.9. The third kappa shape index (κ3) is 3.23. The van der Waals surface area contributed by atoms with Gasteiger partial charge in [0.05, 0.1) is 18.4 Å². The van der Waals surface area contributed by atoms with Gasteiger partial charge in [0.15, 0.2) is 0 Å². The highest BCUT2D eigenvalue weighted by Crippen LogP contribution is 2.27. The molecule has 19 heavy (non-hydrogen) atoms. The van der Waals surface area contributed by atoms with E-state index in [4.69, 9.17) is 10.4 Å². The summed E-state index contributed by atoms with van der Waals surface area (Å²) in [4.78, 5) is 11.0. The van der Waals surface area contributed by atoms with Gasteiger partial charge in [-0.2, -0.15) is 22.3 Å². The molecule has 0 spiro atoms. The number of carboxylic acid groups (broad SMARTS) is 1. The van der Waals surface area contributed by atoms with E-state index in [9.17, 15) is 13.2 Å². The van der Waals surface area contributed by atoms with Crippen LogP contribution < -0.4 is 0 Å². The molecule has 0 saturated carbocycles. The second-order valence-corrected chi connectivity index (χ2v) is 6.96. The molecular formula is C11H19N3O4S. The summed E-state index contributed by atoms with van der Waals surface area (Å²) in [5.41, 5.74) is 0. The standard InChI is InChI=1S/C11H19N3O4S/c1-8-6-14(7-10(8)11(15)16)19(17,18)13(3)9(2)4-5-12/h8-10H,4,6-7H2,1-3H3,(H,15,16)/t8-,9?,10-/m1/s1. The van der Waals surface area contributed by atoms with Gasteiger partial charge in [-0.3, -0.25) is 4.79 Å². The van der Waals surface area contributed by atoms with Crippen molar-refractivity contribution in [2.24, 2.45) is 11.8 Å². The molecule has 7 nitrogen and oxygen atoms in total. The van der Waals surface area contributed by atoms with Gasteiger partial charge in [-0.25, -0.2) is 0 Å². The van der Waals surface area contributed by atoms with E-state index in [1.807, 2.05) is 6.07 Å². The Morgan fingerprint density at radius 3 is 2.58 bits per heavy atom. The van der Waals surface area contributed by atoms with Crippen LogP contribution >= 0.6 is 0 Å². The molecule has 1 aliphatic heterocycles. The lowest BCUT2D eigenvalue weighted by Crippen LogP contribution is -2.45. The van der Waals surface area contributed by atoms with Crippen molar-refractivity contribution < 1.29 is 18.3 Å². The molecule has 1 aliphatic rings. The number of carboxylic acids is 1. The monoisotopic (exact) mass is 289 g/mol. The Morgan fingerprint density at radius 1 is 1.58 bits per heavy atom. The van der Waals surface area contributed by atoms with Gasteiger partial charge in [0.1, 0.15) is 0 Å². The third-order valence-electron chi connectivity index (χ3n) is 3.59. The zero-order valence-electron chi connectivity index (χ0n) is 11.3. The molecule has 1 unspecified atom stereocenters. The maximum atomic E-state index is 12.3. The molecule has 1 rings (SSSR count).